The van der Waals surface area contributed by atoms with Crippen molar-refractivity contribution in [3.8, 4) is 0 Å². The Morgan fingerprint density at radius 1 is 1.32 bits per heavy atom. The van der Waals surface area contributed by atoms with Crippen LogP contribution < -0.4 is 5.73 Å². The molecule has 2 heterocycles. The average Bonchev–Trinajstić information content (AvgIpc) is 2.62. The number of hydrogen-bond acceptors (Lipinski definition) is 7. The zero-order valence-electron chi connectivity index (χ0n) is 14.0. The number of methoxy groups -OCH3 is 1. The summed E-state index contributed by atoms with van der Waals surface area (Å²) in [5, 5.41) is 0. The summed E-state index contributed by atoms with van der Waals surface area (Å²) < 4.78 is 15.7. The van der Waals surface area contributed by atoms with Gasteiger partial charge in [0.15, 0.2) is 11.5 Å². The Kier molecular flexibility index (Phi) is 5.14. The van der Waals surface area contributed by atoms with E-state index in [0.29, 0.717) is 19.3 Å². The molecule has 1 aromatic rings. The first-order valence-electron chi connectivity index (χ1n) is 8.13. The lowest BCUT2D eigenvalue weighted by molar-refractivity contribution is -0.141. The molecule has 1 aliphatic carbocycles. The topological polar surface area (TPSA) is 101 Å². The molecule has 0 amide bonds. The molecule has 2 N–H and O–H groups in total. The lowest BCUT2D eigenvalue weighted by atomic mass is 9.78. The number of aromatic nitrogens is 1. The number of ketones is 1. The normalized spacial score (nSPS) is 20.2. The molecule has 7 nitrogen and oxygen atoms in total. The number of carbonyl (C=O) groups is 2. The van der Waals surface area contributed by atoms with Gasteiger partial charge in [0.05, 0.1) is 6.61 Å². The Labute approximate surface area is 145 Å². The summed E-state index contributed by atoms with van der Waals surface area (Å²) in [5.41, 5.74) is 7.82. The Bertz CT molecular complexity index is 739. The molecule has 25 heavy (non-hydrogen) atoms. The molecule has 0 aromatic carbocycles. The van der Waals surface area contributed by atoms with Gasteiger partial charge in [-0.2, -0.15) is 0 Å². The Morgan fingerprint density at radius 3 is 2.80 bits per heavy atom. The monoisotopic (exact) mass is 344 g/mol. The van der Waals surface area contributed by atoms with Crippen LogP contribution in [-0.4, -0.2) is 37.1 Å². The van der Waals surface area contributed by atoms with Gasteiger partial charge < -0.3 is 19.9 Å². The van der Waals surface area contributed by atoms with E-state index in [1.807, 2.05) is 0 Å². The van der Waals surface area contributed by atoms with E-state index >= 15 is 0 Å². The van der Waals surface area contributed by atoms with E-state index in [2.05, 4.69) is 4.98 Å². The molecule has 7 heteroatoms. The summed E-state index contributed by atoms with van der Waals surface area (Å²) in [6.07, 6.45) is 5.08. The van der Waals surface area contributed by atoms with E-state index in [4.69, 9.17) is 19.9 Å². The van der Waals surface area contributed by atoms with Crippen LogP contribution in [0.5, 0.6) is 0 Å². The van der Waals surface area contributed by atoms with Gasteiger partial charge in [-0.1, -0.05) is 0 Å². The molecule has 0 saturated heterocycles. The van der Waals surface area contributed by atoms with Crippen LogP contribution in [0, 0.1) is 0 Å². The number of allylic oxidation sites excluding steroid dienone is 2. The fourth-order valence-electron chi connectivity index (χ4n) is 3.16. The van der Waals surface area contributed by atoms with Gasteiger partial charge in [-0.3, -0.25) is 9.78 Å². The number of pyridine rings is 1. The van der Waals surface area contributed by atoms with Crippen molar-refractivity contribution in [2.24, 2.45) is 5.73 Å². The number of esters is 1. The lowest BCUT2D eigenvalue weighted by Gasteiger charge is -2.32. The van der Waals surface area contributed by atoms with Crippen molar-refractivity contribution in [2.75, 3.05) is 20.3 Å². The van der Waals surface area contributed by atoms with Crippen LogP contribution in [-0.2, 0) is 23.8 Å². The quantitative estimate of drug-likeness (QED) is 0.639. The maximum Gasteiger partial charge on any atom is 0.340 e. The number of Topliss-reactive ketones (excluding diaryl/α,β-unsaturated/α-hetero) is 1. The second-order valence-corrected chi connectivity index (χ2v) is 5.85. The van der Waals surface area contributed by atoms with Crippen LogP contribution in [0.25, 0.3) is 0 Å². The maximum absolute atomic E-state index is 12.6. The van der Waals surface area contributed by atoms with Crippen LogP contribution >= 0.6 is 0 Å². The predicted octanol–water partition coefficient (Wildman–Crippen LogP) is 1.56. The van der Waals surface area contributed by atoms with E-state index in [0.717, 1.165) is 11.1 Å². The first-order valence-corrected chi connectivity index (χ1v) is 8.13. The van der Waals surface area contributed by atoms with Crippen LogP contribution in [0.1, 0.15) is 30.7 Å². The maximum atomic E-state index is 12.6. The van der Waals surface area contributed by atoms with Gasteiger partial charge in [-0.05, 0) is 36.1 Å². The molecule has 1 atom stereocenters. The van der Waals surface area contributed by atoms with Crippen molar-refractivity contribution in [3.63, 3.8) is 0 Å². The first kappa shape index (κ1) is 17.2. The predicted molar refractivity (Wildman–Crippen MR) is 88.0 cm³/mol. The lowest BCUT2D eigenvalue weighted by Crippen LogP contribution is -2.31. The highest BCUT2D eigenvalue weighted by molar-refractivity contribution is 5.98. The van der Waals surface area contributed by atoms with Gasteiger partial charge in [0.1, 0.15) is 12.2 Å². The minimum atomic E-state index is -0.569. The molecule has 0 bridgehead atoms. The molecular formula is C18H20N2O5. The van der Waals surface area contributed by atoms with Crippen LogP contribution in [0.15, 0.2) is 47.3 Å². The number of ether oxygens (including phenoxy) is 3. The largest absolute Gasteiger partial charge is 0.460 e. The number of nitrogens with zero attached hydrogens (tertiary/aromatic N) is 1. The Hall–Kier alpha value is -2.67. The van der Waals surface area contributed by atoms with Gasteiger partial charge in [0.2, 0.25) is 5.88 Å². The van der Waals surface area contributed by atoms with Crippen molar-refractivity contribution in [3.05, 3.63) is 52.9 Å². The highest BCUT2D eigenvalue weighted by Gasteiger charge is 2.40. The molecule has 0 saturated carbocycles. The molecule has 0 radical (unpaired) electrons. The molecule has 1 aromatic heterocycles. The number of carbonyl (C=O) groups excluding carboxylic acids is 2. The number of rotatable bonds is 5. The van der Waals surface area contributed by atoms with E-state index in [1.54, 1.807) is 24.5 Å². The van der Waals surface area contributed by atoms with Gasteiger partial charge in [-0.15, -0.1) is 0 Å². The summed E-state index contributed by atoms with van der Waals surface area (Å²) >= 11 is 0. The second-order valence-electron chi connectivity index (χ2n) is 5.85. The fourth-order valence-corrected chi connectivity index (χ4v) is 3.16. The molecular weight excluding hydrogens is 324 g/mol. The molecule has 1 aliphatic heterocycles. The summed E-state index contributed by atoms with van der Waals surface area (Å²) in [7, 11) is 1.52. The molecule has 3 rings (SSSR count). The van der Waals surface area contributed by atoms with E-state index in [9.17, 15) is 9.59 Å². The zero-order chi connectivity index (χ0) is 17.8. The molecule has 0 fully saturated rings. The standard InChI is InChI=1S/C18H20N2O5/c1-23-9-10-24-18(22)15-14(11-5-7-20-8-6-11)12-3-2-4-13(21)16(12)25-17(15)19/h5-8,14H,2-4,9-10,19H2,1H3/t14-/m1/s1. The molecule has 0 spiro atoms. The van der Waals surface area contributed by atoms with E-state index in [1.165, 1.54) is 7.11 Å². The molecule has 2 aliphatic rings. The van der Waals surface area contributed by atoms with Crippen molar-refractivity contribution < 1.29 is 23.8 Å². The van der Waals surface area contributed by atoms with Gasteiger partial charge in [0, 0.05) is 31.8 Å². The Balaban J connectivity index is 2.01. The van der Waals surface area contributed by atoms with Crippen LogP contribution in [0.2, 0.25) is 0 Å². The summed E-state index contributed by atoms with van der Waals surface area (Å²) in [5.74, 6) is -0.945. The van der Waals surface area contributed by atoms with Gasteiger partial charge >= 0.3 is 5.97 Å². The number of hydrogen-bond donors (Lipinski definition) is 1. The Morgan fingerprint density at radius 2 is 2.08 bits per heavy atom. The highest BCUT2D eigenvalue weighted by Crippen LogP contribution is 2.44. The van der Waals surface area contributed by atoms with Crippen LogP contribution in [0.3, 0.4) is 0 Å². The third kappa shape index (κ3) is 3.41. The van der Waals surface area contributed by atoms with Crippen molar-refractivity contribution in [1.82, 2.24) is 4.98 Å². The average molecular weight is 344 g/mol. The molecule has 0 unspecified atom stereocenters. The summed E-state index contributed by atoms with van der Waals surface area (Å²) in [6, 6.07) is 3.60. The van der Waals surface area contributed by atoms with E-state index < -0.39 is 11.9 Å². The summed E-state index contributed by atoms with van der Waals surface area (Å²) in [6.45, 7) is 0.395. The minimum Gasteiger partial charge on any atom is -0.460 e. The smallest absolute Gasteiger partial charge is 0.340 e. The minimum absolute atomic E-state index is 0.0850. The summed E-state index contributed by atoms with van der Waals surface area (Å²) in [4.78, 5) is 28.9. The third-order valence-electron chi connectivity index (χ3n) is 4.29. The van der Waals surface area contributed by atoms with Crippen molar-refractivity contribution >= 4 is 11.8 Å². The second kappa shape index (κ2) is 7.48. The van der Waals surface area contributed by atoms with Crippen molar-refractivity contribution in [2.45, 2.75) is 25.2 Å². The highest BCUT2D eigenvalue weighted by atomic mass is 16.6. The van der Waals surface area contributed by atoms with Crippen LogP contribution in [0.4, 0.5) is 0 Å². The zero-order valence-corrected chi connectivity index (χ0v) is 14.0. The van der Waals surface area contributed by atoms with Crippen molar-refractivity contribution in [1.29, 1.82) is 0 Å². The SMILES string of the molecule is COCCOC(=O)C1=C(N)OC2=C(CCCC2=O)[C@H]1c1ccncc1. The fraction of sp³-hybridized carbons (Fsp3) is 0.389. The first-order chi connectivity index (χ1) is 12.1. The van der Waals surface area contributed by atoms with E-state index in [-0.39, 0.29) is 36.2 Å². The van der Waals surface area contributed by atoms with Gasteiger partial charge in [0.25, 0.3) is 0 Å². The van der Waals surface area contributed by atoms with Gasteiger partial charge in [-0.25, -0.2) is 4.79 Å². The molecule has 132 valence electrons. The number of nitrogens with two attached hydrogens (primary N) is 1. The third-order valence-corrected chi connectivity index (χ3v) is 4.29.